The van der Waals surface area contributed by atoms with Crippen molar-refractivity contribution >= 4 is 33.5 Å². The third-order valence-corrected chi connectivity index (χ3v) is 2.97. The van der Waals surface area contributed by atoms with E-state index in [-0.39, 0.29) is 5.97 Å². The molecule has 0 spiro atoms. The molecular formula is C10H10BrClO2. The van der Waals surface area contributed by atoms with Crippen molar-refractivity contribution in [1.29, 1.82) is 0 Å². The summed E-state index contributed by atoms with van der Waals surface area (Å²) in [5.74, 6) is -0.225. The number of ether oxygens (including phenoxy) is 1. The Morgan fingerprint density at radius 2 is 2.29 bits per heavy atom. The Hall–Kier alpha value is -0.540. The number of halogens is 2. The first-order valence-corrected chi connectivity index (χ1v) is 5.32. The van der Waals surface area contributed by atoms with E-state index in [0.29, 0.717) is 17.9 Å². The summed E-state index contributed by atoms with van der Waals surface area (Å²) >= 11 is 9.36. The molecule has 0 unspecified atom stereocenters. The van der Waals surface area contributed by atoms with Crippen LogP contribution in [0.4, 0.5) is 0 Å². The van der Waals surface area contributed by atoms with E-state index in [0.717, 1.165) is 10.0 Å². The molecular weight excluding hydrogens is 267 g/mol. The van der Waals surface area contributed by atoms with Crippen LogP contribution in [0.2, 0.25) is 5.02 Å². The summed E-state index contributed by atoms with van der Waals surface area (Å²) in [5.41, 5.74) is 0.944. The molecule has 0 aliphatic heterocycles. The highest BCUT2D eigenvalue weighted by Crippen LogP contribution is 2.25. The number of esters is 1. The second-order valence-corrected chi connectivity index (χ2v) is 4.04. The summed E-state index contributed by atoms with van der Waals surface area (Å²) in [6, 6.07) is 5.56. The Labute approximate surface area is 96.3 Å². The van der Waals surface area contributed by atoms with Gasteiger partial charge in [0.15, 0.2) is 0 Å². The van der Waals surface area contributed by atoms with E-state index in [9.17, 15) is 4.79 Å². The van der Waals surface area contributed by atoms with E-state index < -0.39 is 0 Å². The largest absolute Gasteiger partial charge is 0.469 e. The molecule has 0 saturated heterocycles. The van der Waals surface area contributed by atoms with E-state index in [2.05, 4.69) is 20.7 Å². The van der Waals surface area contributed by atoms with Gasteiger partial charge in [0.05, 0.1) is 7.11 Å². The number of methoxy groups -OCH3 is 1. The quantitative estimate of drug-likeness (QED) is 0.793. The third kappa shape index (κ3) is 3.00. The fourth-order valence-corrected chi connectivity index (χ4v) is 2.05. The molecule has 76 valence electrons. The molecule has 1 rings (SSSR count). The van der Waals surface area contributed by atoms with E-state index in [1.54, 1.807) is 6.07 Å². The molecule has 0 radical (unpaired) electrons. The standard InChI is InChI=1S/C10H10BrClO2/c1-14-10(13)6-5-7-8(11)3-2-4-9(7)12/h2-4H,5-6H2,1H3. The van der Waals surface area contributed by atoms with Gasteiger partial charge in [-0.15, -0.1) is 0 Å². The second-order valence-electron chi connectivity index (χ2n) is 2.78. The van der Waals surface area contributed by atoms with E-state index >= 15 is 0 Å². The van der Waals surface area contributed by atoms with Gasteiger partial charge < -0.3 is 4.74 Å². The lowest BCUT2D eigenvalue weighted by atomic mass is 10.1. The maximum atomic E-state index is 10.9. The van der Waals surface area contributed by atoms with Crippen molar-refractivity contribution in [2.45, 2.75) is 12.8 Å². The van der Waals surface area contributed by atoms with Gasteiger partial charge in [-0.05, 0) is 24.1 Å². The van der Waals surface area contributed by atoms with Crippen LogP contribution in [0.5, 0.6) is 0 Å². The van der Waals surface area contributed by atoms with Crippen LogP contribution in [0.15, 0.2) is 22.7 Å². The Morgan fingerprint density at radius 3 is 2.86 bits per heavy atom. The third-order valence-electron chi connectivity index (χ3n) is 1.87. The predicted octanol–water partition coefficient (Wildman–Crippen LogP) is 3.21. The molecule has 0 aliphatic carbocycles. The molecule has 0 aliphatic rings. The van der Waals surface area contributed by atoms with Crippen LogP contribution in [0.1, 0.15) is 12.0 Å². The first kappa shape index (κ1) is 11.5. The van der Waals surface area contributed by atoms with Gasteiger partial charge in [-0.3, -0.25) is 4.79 Å². The van der Waals surface area contributed by atoms with Gasteiger partial charge >= 0.3 is 5.97 Å². The molecule has 0 bridgehead atoms. The van der Waals surface area contributed by atoms with Gasteiger partial charge in [-0.25, -0.2) is 0 Å². The summed E-state index contributed by atoms with van der Waals surface area (Å²) in [7, 11) is 1.38. The zero-order chi connectivity index (χ0) is 10.6. The van der Waals surface area contributed by atoms with Crippen molar-refractivity contribution in [2.24, 2.45) is 0 Å². The zero-order valence-corrected chi connectivity index (χ0v) is 10.1. The summed E-state index contributed by atoms with van der Waals surface area (Å²) in [6.45, 7) is 0. The first-order chi connectivity index (χ1) is 6.65. The van der Waals surface area contributed by atoms with Gasteiger partial charge in [0.2, 0.25) is 0 Å². The van der Waals surface area contributed by atoms with Crippen molar-refractivity contribution in [2.75, 3.05) is 7.11 Å². The van der Waals surface area contributed by atoms with Gasteiger partial charge in [0.1, 0.15) is 0 Å². The van der Waals surface area contributed by atoms with E-state index in [1.165, 1.54) is 7.11 Å². The molecule has 1 aromatic rings. The smallest absolute Gasteiger partial charge is 0.305 e. The van der Waals surface area contributed by atoms with E-state index in [4.69, 9.17) is 11.6 Å². The van der Waals surface area contributed by atoms with Crippen LogP contribution in [0, 0.1) is 0 Å². The highest BCUT2D eigenvalue weighted by atomic mass is 79.9. The molecule has 0 heterocycles. The van der Waals surface area contributed by atoms with Crippen LogP contribution in [0.25, 0.3) is 0 Å². The minimum atomic E-state index is -0.225. The fraction of sp³-hybridized carbons (Fsp3) is 0.300. The number of benzene rings is 1. The molecule has 2 nitrogen and oxygen atoms in total. The summed E-state index contributed by atoms with van der Waals surface area (Å²) in [4.78, 5) is 10.9. The van der Waals surface area contributed by atoms with Crippen LogP contribution in [0.3, 0.4) is 0 Å². The van der Waals surface area contributed by atoms with E-state index in [1.807, 2.05) is 12.1 Å². The molecule has 0 amide bonds. The van der Waals surface area contributed by atoms with Gasteiger partial charge in [0, 0.05) is 15.9 Å². The lowest BCUT2D eigenvalue weighted by Crippen LogP contribution is -2.02. The summed E-state index contributed by atoms with van der Waals surface area (Å²) in [6.07, 6.45) is 0.936. The Balaban J connectivity index is 2.71. The SMILES string of the molecule is COC(=O)CCc1c(Cl)cccc1Br. The Bertz CT molecular complexity index is 319. The molecule has 0 N–H and O–H groups in total. The van der Waals surface area contributed by atoms with Crippen LogP contribution >= 0.6 is 27.5 Å². The summed E-state index contributed by atoms with van der Waals surface area (Å²) in [5, 5.41) is 0.670. The van der Waals surface area contributed by atoms with Crippen molar-refractivity contribution in [3.05, 3.63) is 33.3 Å². The van der Waals surface area contributed by atoms with Crippen LogP contribution < -0.4 is 0 Å². The fourth-order valence-electron chi connectivity index (χ4n) is 1.10. The lowest BCUT2D eigenvalue weighted by molar-refractivity contribution is -0.140. The number of rotatable bonds is 3. The van der Waals surface area contributed by atoms with Crippen molar-refractivity contribution in [3.63, 3.8) is 0 Å². The number of carbonyl (C=O) groups is 1. The highest BCUT2D eigenvalue weighted by Gasteiger charge is 2.07. The van der Waals surface area contributed by atoms with Crippen molar-refractivity contribution in [3.8, 4) is 0 Å². The van der Waals surface area contributed by atoms with Crippen molar-refractivity contribution < 1.29 is 9.53 Å². The molecule has 0 atom stereocenters. The monoisotopic (exact) mass is 276 g/mol. The molecule has 0 fully saturated rings. The normalized spacial score (nSPS) is 9.93. The minimum absolute atomic E-state index is 0.225. The maximum absolute atomic E-state index is 10.9. The lowest BCUT2D eigenvalue weighted by Gasteiger charge is -2.05. The molecule has 4 heteroatoms. The number of carbonyl (C=O) groups excluding carboxylic acids is 1. The minimum Gasteiger partial charge on any atom is -0.469 e. The average molecular weight is 278 g/mol. The molecule has 14 heavy (non-hydrogen) atoms. The average Bonchev–Trinajstić information content (AvgIpc) is 2.16. The topological polar surface area (TPSA) is 26.3 Å². The molecule has 1 aromatic carbocycles. The Kier molecular flexibility index (Phi) is 4.42. The van der Waals surface area contributed by atoms with Gasteiger partial charge in [0.25, 0.3) is 0 Å². The van der Waals surface area contributed by atoms with Crippen molar-refractivity contribution in [1.82, 2.24) is 0 Å². The maximum Gasteiger partial charge on any atom is 0.305 e. The second kappa shape index (κ2) is 5.37. The highest BCUT2D eigenvalue weighted by molar-refractivity contribution is 9.10. The zero-order valence-electron chi connectivity index (χ0n) is 7.72. The number of hydrogen-bond donors (Lipinski definition) is 0. The van der Waals surface area contributed by atoms with Gasteiger partial charge in [-0.2, -0.15) is 0 Å². The Morgan fingerprint density at radius 1 is 1.57 bits per heavy atom. The number of hydrogen-bond acceptors (Lipinski definition) is 2. The van der Waals surface area contributed by atoms with Crippen LogP contribution in [-0.4, -0.2) is 13.1 Å². The molecule has 0 aromatic heterocycles. The van der Waals surface area contributed by atoms with Crippen LogP contribution in [-0.2, 0) is 16.0 Å². The predicted molar refractivity (Wildman–Crippen MR) is 59.5 cm³/mol. The first-order valence-electron chi connectivity index (χ1n) is 4.15. The molecule has 0 saturated carbocycles. The van der Waals surface area contributed by atoms with Gasteiger partial charge in [-0.1, -0.05) is 33.6 Å². The summed E-state index contributed by atoms with van der Waals surface area (Å²) < 4.78 is 5.48.